The lowest BCUT2D eigenvalue weighted by molar-refractivity contribution is -0.134. The first kappa shape index (κ1) is 15.4. The topological polar surface area (TPSA) is 46.1 Å². The van der Waals surface area contributed by atoms with E-state index in [0.29, 0.717) is 11.8 Å². The van der Waals surface area contributed by atoms with Crippen LogP contribution in [0.5, 0.6) is 0 Å². The average molecular weight is 348 g/mol. The van der Waals surface area contributed by atoms with Gasteiger partial charge in [0.1, 0.15) is 16.2 Å². The number of likely N-dealkylation sites (tertiary alicyclic amines) is 1. The average Bonchev–Trinajstić information content (AvgIpc) is 3.08. The van der Waals surface area contributed by atoms with Gasteiger partial charge in [0.15, 0.2) is 0 Å². The fourth-order valence-corrected chi connectivity index (χ4v) is 5.69. The molecule has 1 aliphatic heterocycles. The minimum Gasteiger partial charge on any atom is -0.339 e. The molecule has 4 rings (SSSR count). The summed E-state index contributed by atoms with van der Waals surface area (Å²) in [7, 11) is 0. The molecule has 1 amide bonds. The summed E-state index contributed by atoms with van der Waals surface area (Å²) in [6.07, 6.45) is 9.20. The van der Waals surface area contributed by atoms with Crippen LogP contribution in [0.25, 0.3) is 10.2 Å². The van der Waals surface area contributed by atoms with Gasteiger partial charge < -0.3 is 4.90 Å². The molecule has 1 saturated carbocycles. The Bertz CT molecular complexity index is 700. The molecule has 0 N–H and O–H groups in total. The molecule has 4 nitrogen and oxygen atoms in total. The number of carbonyl (C=O) groups is 1. The van der Waals surface area contributed by atoms with Gasteiger partial charge in [-0.05, 0) is 43.0 Å². The second-order valence-electron chi connectivity index (χ2n) is 6.45. The number of thioether (sulfide) groups is 1. The van der Waals surface area contributed by atoms with Crippen LogP contribution >= 0.6 is 23.1 Å². The predicted molar refractivity (Wildman–Crippen MR) is 94.8 cm³/mol. The van der Waals surface area contributed by atoms with Crippen molar-refractivity contribution in [3.63, 3.8) is 0 Å². The van der Waals surface area contributed by atoms with Crippen molar-refractivity contribution < 1.29 is 4.79 Å². The van der Waals surface area contributed by atoms with Crippen LogP contribution < -0.4 is 0 Å². The van der Waals surface area contributed by atoms with Gasteiger partial charge >= 0.3 is 0 Å². The normalized spacial score (nSPS) is 24.6. The second kappa shape index (κ2) is 6.77. The number of aromatic nitrogens is 2. The Labute approximate surface area is 144 Å². The van der Waals surface area contributed by atoms with Gasteiger partial charge in [-0.15, -0.1) is 11.3 Å². The van der Waals surface area contributed by atoms with Crippen molar-refractivity contribution in [2.45, 2.75) is 49.6 Å². The predicted octanol–water partition coefficient (Wildman–Crippen LogP) is 3.96. The van der Waals surface area contributed by atoms with Crippen molar-refractivity contribution in [1.82, 2.24) is 14.9 Å². The lowest BCUT2D eigenvalue weighted by Crippen LogP contribution is -2.50. The molecule has 2 atom stereocenters. The molecule has 122 valence electrons. The van der Waals surface area contributed by atoms with E-state index in [4.69, 9.17) is 0 Å². The lowest BCUT2D eigenvalue weighted by Gasteiger charge is -2.44. The molecule has 3 heterocycles. The van der Waals surface area contributed by atoms with E-state index in [1.165, 1.54) is 38.5 Å². The van der Waals surface area contributed by atoms with Gasteiger partial charge in [0.2, 0.25) is 5.91 Å². The Morgan fingerprint density at radius 3 is 3.09 bits per heavy atom. The number of thiophene rings is 1. The number of hydrogen-bond donors (Lipinski definition) is 0. The van der Waals surface area contributed by atoms with Gasteiger partial charge in [-0.2, -0.15) is 0 Å². The maximum Gasteiger partial charge on any atom is 0.233 e. The number of fused-ring (bicyclic) bond motifs is 2. The van der Waals surface area contributed by atoms with Crippen molar-refractivity contribution in [3.05, 3.63) is 17.8 Å². The van der Waals surface area contributed by atoms with Crippen molar-refractivity contribution in [2.75, 3.05) is 12.3 Å². The van der Waals surface area contributed by atoms with Crippen LogP contribution in [-0.4, -0.2) is 39.1 Å². The molecule has 0 radical (unpaired) electrons. The van der Waals surface area contributed by atoms with E-state index in [1.54, 1.807) is 29.4 Å². The summed E-state index contributed by atoms with van der Waals surface area (Å²) in [6.45, 7) is 0.943. The standard InChI is InChI=1S/C17H21N3OS2/c21-15(20-8-3-5-12-4-1-2-6-14(12)20)10-23-17-13-7-9-22-16(13)18-11-19-17/h7,9,11-12,14H,1-6,8,10H2/t12-,14-/m1/s1. The third-order valence-electron chi connectivity index (χ3n) is 5.12. The van der Waals surface area contributed by atoms with E-state index in [2.05, 4.69) is 14.9 Å². The molecule has 1 aliphatic carbocycles. The highest BCUT2D eigenvalue weighted by Crippen LogP contribution is 2.36. The number of amides is 1. The molecule has 2 aromatic rings. The van der Waals surface area contributed by atoms with E-state index < -0.39 is 0 Å². The highest BCUT2D eigenvalue weighted by Gasteiger charge is 2.35. The molecule has 0 aromatic carbocycles. The van der Waals surface area contributed by atoms with Crippen LogP contribution in [0.15, 0.2) is 22.8 Å². The first-order chi connectivity index (χ1) is 11.3. The van der Waals surface area contributed by atoms with Gasteiger partial charge in [0.05, 0.1) is 5.75 Å². The van der Waals surface area contributed by atoms with Crippen LogP contribution in [0.4, 0.5) is 0 Å². The van der Waals surface area contributed by atoms with Crippen LogP contribution in [0, 0.1) is 5.92 Å². The monoisotopic (exact) mass is 347 g/mol. The number of piperidine rings is 1. The fourth-order valence-electron chi connectivity index (χ4n) is 4.03. The quantitative estimate of drug-likeness (QED) is 0.623. The van der Waals surface area contributed by atoms with Crippen LogP contribution in [0.2, 0.25) is 0 Å². The second-order valence-corrected chi connectivity index (χ2v) is 8.31. The molecule has 2 aromatic heterocycles. The smallest absolute Gasteiger partial charge is 0.233 e. The number of carbonyl (C=O) groups excluding carboxylic acids is 1. The fraction of sp³-hybridized carbons (Fsp3) is 0.588. The molecule has 0 unspecified atom stereocenters. The maximum atomic E-state index is 12.8. The number of nitrogens with zero attached hydrogens (tertiary/aromatic N) is 3. The van der Waals surface area contributed by atoms with E-state index in [0.717, 1.165) is 27.7 Å². The minimum absolute atomic E-state index is 0.286. The van der Waals surface area contributed by atoms with Crippen molar-refractivity contribution in [1.29, 1.82) is 0 Å². The van der Waals surface area contributed by atoms with Gasteiger partial charge in [-0.3, -0.25) is 4.79 Å². The molecule has 6 heteroatoms. The van der Waals surface area contributed by atoms with Gasteiger partial charge in [-0.1, -0.05) is 24.6 Å². The van der Waals surface area contributed by atoms with Gasteiger partial charge in [-0.25, -0.2) is 9.97 Å². The van der Waals surface area contributed by atoms with Crippen LogP contribution in [0.1, 0.15) is 38.5 Å². The number of rotatable bonds is 3. The Hall–Kier alpha value is -1.14. The van der Waals surface area contributed by atoms with Gasteiger partial charge in [0, 0.05) is 18.0 Å². The molecular weight excluding hydrogens is 326 g/mol. The lowest BCUT2D eigenvalue weighted by atomic mass is 9.78. The first-order valence-electron chi connectivity index (χ1n) is 8.43. The van der Waals surface area contributed by atoms with Crippen molar-refractivity contribution >= 4 is 39.2 Å². The summed E-state index contributed by atoms with van der Waals surface area (Å²) in [5.41, 5.74) is 0. The molecule has 0 spiro atoms. The zero-order valence-corrected chi connectivity index (χ0v) is 14.7. The third-order valence-corrected chi connectivity index (χ3v) is 6.93. The summed E-state index contributed by atoms with van der Waals surface area (Å²) < 4.78 is 0. The van der Waals surface area contributed by atoms with E-state index >= 15 is 0 Å². The Kier molecular flexibility index (Phi) is 4.53. The van der Waals surface area contributed by atoms with Gasteiger partial charge in [0.25, 0.3) is 0 Å². The SMILES string of the molecule is O=C(CSc1ncnc2sccc12)N1CCC[C@H]2CCCC[C@H]21. The molecule has 1 saturated heterocycles. The highest BCUT2D eigenvalue weighted by molar-refractivity contribution is 8.00. The molecule has 2 aliphatic rings. The van der Waals surface area contributed by atoms with Crippen molar-refractivity contribution in [2.24, 2.45) is 5.92 Å². The Balaban J connectivity index is 1.44. The third kappa shape index (κ3) is 3.11. The molecular formula is C17H21N3OS2. The molecule has 23 heavy (non-hydrogen) atoms. The summed E-state index contributed by atoms with van der Waals surface area (Å²) in [5, 5.41) is 4.04. The zero-order valence-electron chi connectivity index (χ0n) is 13.1. The summed E-state index contributed by atoms with van der Waals surface area (Å²) in [4.78, 5) is 24.6. The zero-order chi connectivity index (χ0) is 15.6. The highest BCUT2D eigenvalue weighted by atomic mass is 32.2. The van der Waals surface area contributed by atoms with Crippen LogP contribution in [-0.2, 0) is 4.79 Å². The largest absolute Gasteiger partial charge is 0.339 e. The Morgan fingerprint density at radius 2 is 2.13 bits per heavy atom. The maximum absolute atomic E-state index is 12.8. The van der Waals surface area contributed by atoms with E-state index in [-0.39, 0.29) is 5.91 Å². The van der Waals surface area contributed by atoms with Crippen LogP contribution in [0.3, 0.4) is 0 Å². The summed E-state index contributed by atoms with van der Waals surface area (Å²) >= 11 is 3.18. The first-order valence-corrected chi connectivity index (χ1v) is 10.3. The van der Waals surface area contributed by atoms with E-state index in [1.807, 2.05) is 11.4 Å². The van der Waals surface area contributed by atoms with Crippen molar-refractivity contribution in [3.8, 4) is 0 Å². The number of hydrogen-bond acceptors (Lipinski definition) is 5. The molecule has 2 fully saturated rings. The van der Waals surface area contributed by atoms with E-state index in [9.17, 15) is 4.79 Å². The Morgan fingerprint density at radius 1 is 1.26 bits per heavy atom. The summed E-state index contributed by atoms with van der Waals surface area (Å²) in [5.74, 6) is 1.52. The molecule has 0 bridgehead atoms. The minimum atomic E-state index is 0.286. The summed E-state index contributed by atoms with van der Waals surface area (Å²) in [6, 6.07) is 2.54.